The molecule has 0 saturated heterocycles. The molecule has 0 aliphatic heterocycles. The highest BCUT2D eigenvalue weighted by Gasteiger charge is 2.15. The molecule has 0 radical (unpaired) electrons. The lowest BCUT2D eigenvalue weighted by molar-refractivity contribution is -0.117. The van der Waals surface area contributed by atoms with Crippen LogP contribution >= 0.6 is 11.8 Å². The van der Waals surface area contributed by atoms with E-state index in [9.17, 15) is 9.59 Å². The molecule has 0 aliphatic carbocycles. The molecule has 22 heavy (non-hydrogen) atoms. The van der Waals surface area contributed by atoms with Crippen LogP contribution in [0.2, 0.25) is 0 Å². The van der Waals surface area contributed by atoms with Gasteiger partial charge in [-0.25, -0.2) is 0 Å². The van der Waals surface area contributed by atoms with Gasteiger partial charge in [0, 0.05) is 18.6 Å². The zero-order chi connectivity index (χ0) is 15.9. The molecule has 2 aromatic carbocycles. The Kier molecular flexibility index (Phi) is 5.78. The summed E-state index contributed by atoms with van der Waals surface area (Å²) >= 11 is 1.18. The first-order chi connectivity index (χ1) is 10.5. The van der Waals surface area contributed by atoms with E-state index in [4.69, 9.17) is 5.73 Å². The number of thioether (sulfide) groups is 1. The molecular weight excluding hydrogens is 294 g/mol. The molecule has 114 valence electrons. The number of hydrogen-bond acceptors (Lipinski definition) is 3. The Labute approximate surface area is 134 Å². The molecule has 1 unspecified atom stereocenters. The number of primary amides is 1. The summed E-state index contributed by atoms with van der Waals surface area (Å²) in [6.07, 6.45) is 0.868. The van der Waals surface area contributed by atoms with Gasteiger partial charge in [0.2, 0.25) is 5.91 Å². The second kappa shape index (κ2) is 7.80. The molecule has 0 aromatic heterocycles. The van der Waals surface area contributed by atoms with Crippen LogP contribution < -0.4 is 5.73 Å². The second-order valence-corrected chi connectivity index (χ2v) is 6.65. The van der Waals surface area contributed by atoms with Crippen LogP contribution in [-0.4, -0.2) is 16.3 Å². The van der Waals surface area contributed by atoms with Gasteiger partial charge in [0.25, 0.3) is 0 Å². The summed E-state index contributed by atoms with van der Waals surface area (Å²) < 4.78 is 0. The van der Waals surface area contributed by atoms with E-state index in [1.165, 1.54) is 24.2 Å². The Balaban J connectivity index is 2.08. The lowest BCUT2D eigenvalue weighted by Crippen LogP contribution is -2.20. The van der Waals surface area contributed by atoms with E-state index in [2.05, 4.69) is 24.3 Å². The Hall–Kier alpha value is -2.07. The van der Waals surface area contributed by atoms with Crippen LogP contribution in [0.4, 0.5) is 0 Å². The van der Waals surface area contributed by atoms with E-state index in [0.29, 0.717) is 6.42 Å². The molecular formula is C18H19NO2S. The SMILES string of the molecule is CC(=O)SC(CC(N)=O)Cc1ccc(-c2ccccc2)cc1. The maximum Gasteiger partial charge on any atom is 0.218 e. The van der Waals surface area contributed by atoms with Crippen molar-refractivity contribution in [3.63, 3.8) is 0 Å². The Bertz CT molecular complexity index is 622. The molecule has 0 fully saturated rings. The zero-order valence-electron chi connectivity index (χ0n) is 12.5. The van der Waals surface area contributed by atoms with Crippen LogP contribution in [0, 0.1) is 0 Å². The number of nitrogens with two attached hydrogens (primary N) is 1. The monoisotopic (exact) mass is 313 g/mol. The maximum atomic E-state index is 11.3. The molecule has 0 bridgehead atoms. The van der Waals surface area contributed by atoms with Gasteiger partial charge in [-0.3, -0.25) is 9.59 Å². The molecule has 1 amide bonds. The topological polar surface area (TPSA) is 60.2 Å². The van der Waals surface area contributed by atoms with Crippen LogP contribution in [0.5, 0.6) is 0 Å². The van der Waals surface area contributed by atoms with E-state index in [1.54, 1.807) is 0 Å². The summed E-state index contributed by atoms with van der Waals surface area (Å²) in [5.74, 6) is -0.375. The van der Waals surface area contributed by atoms with Crippen molar-refractivity contribution in [2.24, 2.45) is 5.73 Å². The van der Waals surface area contributed by atoms with Gasteiger partial charge in [0.05, 0.1) is 0 Å². The number of carbonyl (C=O) groups excluding carboxylic acids is 2. The largest absolute Gasteiger partial charge is 0.370 e. The van der Waals surface area contributed by atoms with E-state index in [-0.39, 0.29) is 22.7 Å². The molecule has 2 rings (SSSR count). The predicted octanol–water partition coefficient (Wildman–Crippen LogP) is 3.42. The average Bonchev–Trinajstić information content (AvgIpc) is 2.47. The van der Waals surface area contributed by atoms with Crippen molar-refractivity contribution in [2.75, 3.05) is 0 Å². The van der Waals surface area contributed by atoms with Gasteiger partial charge in [-0.1, -0.05) is 66.4 Å². The van der Waals surface area contributed by atoms with Crippen molar-refractivity contribution >= 4 is 22.8 Å². The summed E-state index contributed by atoms with van der Waals surface area (Å²) in [6, 6.07) is 18.3. The first kappa shape index (κ1) is 16.3. The highest BCUT2D eigenvalue weighted by molar-refractivity contribution is 8.14. The smallest absolute Gasteiger partial charge is 0.218 e. The first-order valence-corrected chi connectivity index (χ1v) is 8.02. The number of benzene rings is 2. The number of rotatable bonds is 6. The van der Waals surface area contributed by atoms with Gasteiger partial charge in [-0.05, 0) is 23.1 Å². The Morgan fingerprint density at radius 2 is 1.59 bits per heavy atom. The normalized spacial score (nSPS) is 11.9. The lowest BCUT2D eigenvalue weighted by atomic mass is 10.0. The van der Waals surface area contributed by atoms with E-state index < -0.39 is 0 Å². The van der Waals surface area contributed by atoms with Crippen LogP contribution in [-0.2, 0) is 16.0 Å². The van der Waals surface area contributed by atoms with E-state index >= 15 is 0 Å². The minimum Gasteiger partial charge on any atom is -0.370 e. The number of amides is 1. The highest BCUT2D eigenvalue weighted by atomic mass is 32.2. The fourth-order valence-electron chi connectivity index (χ4n) is 2.34. The maximum absolute atomic E-state index is 11.3. The quantitative estimate of drug-likeness (QED) is 0.889. The summed E-state index contributed by atoms with van der Waals surface area (Å²) in [4.78, 5) is 22.4. The minimum absolute atomic E-state index is 0.00663. The van der Waals surface area contributed by atoms with Crippen molar-refractivity contribution in [1.82, 2.24) is 0 Å². The van der Waals surface area contributed by atoms with Crippen molar-refractivity contribution in [2.45, 2.75) is 25.0 Å². The van der Waals surface area contributed by atoms with Crippen LogP contribution in [0.15, 0.2) is 54.6 Å². The third kappa shape index (κ3) is 5.04. The molecule has 0 heterocycles. The minimum atomic E-state index is -0.375. The van der Waals surface area contributed by atoms with Gasteiger partial charge in [0.15, 0.2) is 5.12 Å². The molecule has 2 N–H and O–H groups in total. The van der Waals surface area contributed by atoms with Crippen molar-refractivity contribution in [3.05, 3.63) is 60.2 Å². The Morgan fingerprint density at radius 1 is 1.00 bits per heavy atom. The standard InChI is InChI=1S/C18H19NO2S/c1-13(20)22-17(12-18(19)21)11-14-7-9-16(10-8-14)15-5-3-2-4-6-15/h2-10,17H,11-12H2,1H3,(H2,19,21). The fourth-order valence-corrected chi connectivity index (χ4v) is 3.33. The number of carbonyl (C=O) groups is 2. The van der Waals surface area contributed by atoms with Gasteiger partial charge < -0.3 is 5.73 Å². The zero-order valence-corrected chi connectivity index (χ0v) is 13.3. The molecule has 4 heteroatoms. The Morgan fingerprint density at radius 3 is 2.14 bits per heavy atom. The van der Waals surface area contributed by atoms with Crippen molar-refractivity contribution < 1.29 is 9.59 Å². The van der Waals surface area contributed by atoms with Gasteiger partial charge >= 0.3 is 0 Å². The lowest BCUT2D eigenvalue weighted by Gasteiger charge is -2.13. The van der Waals surface area contributed by atoms with Gasteiger partial charge in [-0.2, -0.15) is 0 Å². The molecule has 1 atom stereocenters. The van der Waals surface area contributed by atoms with Gasteiger partial charge in [-0.15, -0.1) is 0 Å². The van der Waals surface area contributed by atoms with Gasteiger partial charge in [0.1, 0.15) is 0 Å². The average molecular weight is 313 g/mol. The molecule has 3 nitrogen and oxygen atoms in total. The molecule has 0 saturated carbocycles. The summed E-state index contributed by atoms with van der Waals surface area (Å²) in [6.45, 7) is 1.51. The number of hydrogen-bond donors (Lipinski definition) is 1. The third-order valence-electron chi connectivity index (χ3n) is 3.29. The summed E-state index contributed by atoms with van der Waals surface area (Å²) in [7, 11) is 0. The van der Waals surface area contributed by atoms with Crippen LogP contribution in [0.25, 0.3) is 11.1 Å². The highest BCUT2D eigenvalue weighted by Crippen LogP contribution is 2.23. The van der Waals surface area contributed by atoms with E-state index in [1.807, 2.05) is 30.3 Å². The molecule has 0 aliphatic rings. The molecule has 0 spiro atoms. The molecule has 2 aromatic rings. The third-order valence-corrected chi connectivity index (χ3v) is 4.28. The first-order valence-electron chi connectivity index (χ1n) is 7.14. The fraction of sp³-hybridized carbons (Fsp3) is 0.222. The predicted molar refractivity (Wildman–Crippen MR) is 91.5 cm³/mol. The van der Waals surface area contributed by atoms with Crippen LogP contribution in [0.1, 0.15) is 18.9 Å². The van der Waals surface area contributed by atoms with Crippen molar-refractivity contribution in [3.8, 4) is 11.1 Å². The van der Waals surface area contributed by atoms with Crippen LogP contribution in [0.3, 0.4) is 0 Å². The summed E-state index contributed by atoms with van der Waals surface area (Å²) in [5, 5.41) is -0.0928. The van der Waals surface area contributed by atoms with E-state index in [0.717, 1.165) is 11.1 Å². The van der Waals surface area contributed by atoms with Crippen molar-refractivity contribution in [1.29, 1.82) is 0 Å². The summed E-state index contributed by atoms with van der Waals surface area (Å²) in [5.41, 5.74) is 8.67. The second-order valence-electron chi connectivity index (χ2n) is 5.17.